The Hall–Kier alpha value is -2.57. The molecule has 1 aliphatic rings. The van der Waals surface area contributed by atoms with Crippen molar-refractivity contribution in [3.05, 3.63) is 29.3 Å². The van der Waals surface area contributed by atoms with Crippen LogP contribution in [-0.2, 0) is 11.2 Å². The molecule has 0 fully saturated rings. The van der Waals surface area contributed by atoms with Crippen LogP contribution in [0.5, 0.6) is 0 Å². The molecule has 1 aliphatic heterocycles. The highest BCUT2D eigenvalue weighted by Gasteiger charge is 2.25. The number of carbonyl (C=O) groups excluding carboxylic acids is 2. The second-order valence-corrected chi connectivity index (χ2v) is 4.18. The fourth-order valence-corrected chi connectivity index (χ4v) is 2.00. The number of urea groups is 1. The molecule has 0 radical (unpaired) electrons. The molecule has 0 saturated heterocycles. The van der Waals surface area contributed by atoms with Crippen molar-refractivity contribution >= 4 is 23.6 Å². The van der Waals surface area contributed by atoms with Crippen LogP contribution in [0, 0.1) is 0 Å². The van der Waals surface area contributed by atoms with E-state index in [0.29, 0.717) is 18.7 Å². The van der Waals surface area contributed by atoms with Crippen molar-refractivity contribution in [2.75, 3.05) is 18.0 Å². The molecule has 3 amide bonds. The lowest BCUT2D eigenvalue weighted by atomic mass is 10.1. The first-order valence-electron chi connectivity index (χ1n) is 5.69. The molecular formula is C12H13N3O4. The van der Waals surface area contributed by atoms with Crippen molar-refractivity contribution in [1.82, 2.24) is 5.32 Å². The van der Waals surface area contributed by atoms with Crippen LogP contribution in [0.25, 0.3) is 0 Å². The number of primary amides is 1. The van der Waals surface area contributed by atoms with Gasteiger partial charge in [0.05, 0.1) is 12.1 Å². The van der Waals surface area contributed by atoms with Gasteiger partial charge in [-0.1, -0.05) is 0 Å². The highest BCUT2D eigenvalue weighted by Crippen LogP contribution is 2.28. The topological polar surface area (TPSA) is 113 Å². The number of rotatable bonds is 3. The summed E-state index contributed by atoms with van der Waals surface area (Å²) >= 11 is 0. The Morgan fingerprint density at radius 3 is 2.74 bits per heavy atom. The second kappa shape index (κ2) is 4.97. The lowest BCUT2D eigenvalue weighted by molar-refractivity contribution is -0.117. The maximum Gasteiger partial charge on any atom is 0.335 e. The number of carboxylic acid groups (broad SMARTS) is 1. The van der Waals surface area contributed by atoms with Gasteiger partial charge in [0, 0.05) is 12.2 Å². The average Bonchev–Trinajstić information content (AvgIpc) is 2.78. The smallest absolute Gasteiger partial charge is 0.335 e. The van der Waals surface area contributed by atoms with E-state index in [2.05, 4.69) is 5.32 Å². The third kappa shape index (κ3) is 2.65. The van der Waals surface area contributed by atoms with Gasteiger partial charge in [-0.2, -0.15) is 0 Å². The van der Waals surface area contributed by atoms with E-state index in [0.717, 1.165) is 5.56 Å². The van der Waals surface area contributed by atoms with Gasteiger partial charge in [0.1, 0.15) is 0 Å². The monoisotopic (exact) mass is 263 g/mol. The number of carbonyl (C=O) groups is 3. The number of aromatic carboxylic acids is 1. The van der Waals surface area contributed by atoms with Gasteiger partial charge in [0.2, 0.25) is 5.91 Å². The quantitative estimate of drug-likeness (QED) is 0.709. The molecule has 100 valence electrons. The molecule has 0 bridgehead atoms. The summed E-state index contributed by atoms with van der Waals surface area (Å²) in [4.78, 5) is 34.7. The molecule has 0 spiro atoms. The van der Waals surface area contributed by atoms with E-state index >= 15 is 0 Å². The molecule has 0 aromatic heterocycles. The van der Waals surface area contributed by atoms with Gasteiger partial charge in [0.15, 0.2) is 0 Å². The summed E-state index contributed by atoms with van der Waals surface area (Å²) in [6, 6.07) is 4.18. The maximum absolute atomic E-state index is 11.8. The third-order valence-electron chi connectivity index (χ3n) is 2.88. The molecule has 2 rings (SSSR count). The summed E-state index contributed by atoms with van der Waals surface area (Å²) in [5.41, 5.74) is 6.60. The average molecular weight is 263 g/mol. The highest BCUT2D eigenvalue weighted by molar-refractivity contribution is 5.97. The molecule has 7 nitrogen and oxygen atoms in total. The zero-order valence-corrected chi connectivity index (χ0v) is 10.0. The summed E-state index contributed by atoms with van der Waals surface area (Å²) in [6.45, 7) is 0.223. The Bertz CT molecular complexity index is 556. The first-order chi connectivity index (χ1) is 8.99. The molecule has 0 unspecified atom stereocenters. The first kappa shape index (κ1) is 12.9. The molecule has 0 saturated carbocycles. The standard InChI is InChI=1S/C12H13N3O4/c13-10(16)6-14-12(19)15-4-3-7-5-8(11(17)18)1-2-9(7)15/h1-2,5H,3-4,6H2,(H2,13,16)(H,14,19)(H,17,18). The van der Waals surface area contributed by atoms with E-state index in [9.17, 15) is 14.4 Å². The van der Waals surface area contributed by atoms with Gasteiger partial charge in [-0.05, 0) is 30.2 Å². The SMILES string of the molecule is NC(=O)CNC(=O)N1CCc2cc(C(=O)O)ccc21. The number of fused-ring (bicyclic) bond motifs is 1. The zero-order valence-electron chi connectivity index (χ0n) is 10.0. The molecule has 1 aromatic carbocycles. The normalized spacial score (nSPS) is 12.9. The summed E-state index contributed by atoms with van der Waals surface area (Å²) in [5.74, 6) is -1.62. The Labute approximate surface area is 109 Å². The third-order valence-corrected chi connectivity index (χ3v) is 2.88. The van der Waals surface area contributed by atoms with Crippen molar-refractivity contribution in [3.8, 4) is 0 Å². The van der Waals surface area contributed by atoms with Crippen LogP contribution in [0.15, 0.2) is 18.2 Å². The van der Waals surface area contributed by atoms with Crippen LogP contribution in [0.4, 0.5) is 10.5 Å². The maximum atomic E-state index is 11.8. The minimum absolute atomic E-state index is 0.193. The molecule has 4 N–H and O–H groups in total. The molecule has 1 aromatic rings. The molecular weight excluding hydrogens is 250 g/mol. The van der Waals surface area contributed by atoms with E-state index in [4.69, 9.17) is 10.8 Å². The van der Waals surface area contributed by atoms with Gasteiger partial charge in [0.25, 0.3) is 0 Å². The number of nitrogens with zero attached hydrogens (tertiary/aromatic N) is 1. The van der Waals surface area contributed by atoms with Crippen molar-refractivity contribution < 1.29 is 19.5 Å². The lowest BCUT2D eigenvalue weighted by Crippen LogP contribution is -2.42. The molecule has 0 atom stereocenters. The molecule has 7 heteroatoms. The molecule has 0 aliphatic carbocycles. The number of carboxylic acids is 1. The molecule has 19 heavy (non-hydrogen) atoms. The van der Waals surface area contributed by atoms with Crippen LogP contribution in [0.2, 0.25) is 0 Å². The number of nitrogens with one attached hydrogen (secondary N) is 1. The zero-order chi connectivity index (χ0) is 14.0. The Morgan fingerprint density at radius 1 is 1.37 bits per heavy atom. The van der Waals surface area contributed by atoms with Crippen LogP contribution in [0.3, 0.4) is 0 Å². The minimum Gasteiger partial charge on any atom is -0.478 e. The number of hydrogen-bond donors (Lipinski definition) is 3. The van der Waals surface area contributed by atoms with E-state index < -0.39 is 17.9 Å². The van der Waals surface area contributed by atoms with Crippen LogP contribution < -0.4 is 16.0 Å². The molecule has 1 heterocycles. The van der Waals surface area contributed by atoms with Crippen molar-refractivity contribution in [2.24, 2.45) is 5.73 Å². The largest absolute Gasteiger partial charge is 0.478 e. The van der Waals surface area contributed by atoms with E-state index in [-0.39, 0.29) is 12.1 Å². The minimum atomic E-state index is -1.00. The van der Waals surface area contributed by atoms with E-state index in [1.54, 1.807) is 12.1 Å². The van der Waals surface area contributed by atoms with Gasteiger partial charge in [-0.15, -0.1) is 0 Å². The van der Waals surface area contributed by atoms with Gasteiger partial charge >= 0.3 is 12.0 Å². The number of hydrogen-bond acceptors (Lipinski definition) is 3. The highest BCUT2D eigenvalue weighted by atomic mass is 16.4. The lowest BCUT2D eigenvalue weighted by Gasteiger charge is -2.17. The fourth-order valence-electron chi connectivity index (χ4n) is 2.00. The Balaban J connectivity index is 2.16. The predicted octanol–water partition coefficient (Wildman–Crippen LogP) is -0.0578. The Kier molecular flexibility index (Phi) is 3.37. The summed E-state index contributed by atoms with van der Waals surface area (Å²) in [7, 11) is 0. The van der Waals surface area contributed by atoms with E-state index in [1.165, 1.54) is 11.0 Å². The Morgan fingerprint density at radius 2 is 2.11 bits per heavy atom. The van der Waals surface area contributed by atoms with Crippen LogP contribution in [-0.4, -0.2) is 36.1 Å². The van der Waals surface area contributed by atoms with Gasteiger partial charge in [-0.3, -0.25) is 9.69 Å². The summed E-state index contributed by atoms with van der Waals surface area (Å²) in [5, 5.41) is 11.3. The predicted molar refractivity (Wildman–Crippen MR) is 67.0 cm³/mol. The number of amides is 3. The second-order valence-electron chi connectivity index (χ2n) is 4.18. The summed E-state index contributed by atoms with van der Waals surface area (Å²) < 4.78 is 0. The van der Waals surface area contributed by atoms with Crippen LogP contribution in [0.1, 0.15) is 15.9 Å². The van der Waals surface area contributed by atoms with Crippen LogP contribution >= 0.6 is 0 Å². The summed E-state index contributed by atoms with van der Waals surface area (Å²) in [6.07, 6.45) is 0.584. The van der Waals surface area contributed by atoms with Gasteiger partial charge in [-0.25, -0.2) is 9.59 Å². The van der Waals surface area contributed by atoms with E-state index in [1.807, 2.05) is 0 Å². The van der Waals surface area contributed by atoms with Crippen molar-refractivity contribution in [2.45, 2.75) is 6.42 Å². The van der Waals surface area contributed by atoms with Crippen molar-refractivity contribution in [3.63, 3.8) is 0 Å². The number of anilines is 1. The van der Waals surface area contributed by atoms with Gasteiger partial charge < -0.3 is 16.2 Å². The first-order valence-corrected chi connectivity index (χ1v) is 5.69. The fraction of sp³-hybridized carbons (Fsp3) is 0.250. The number of benzene rings is 1. The number of nitrogens with two attached hydrogens (primary N) is 1. The van der Waals surface area contributed by atoms with Crippen molar-refractivity contribution in [1.29, 1.82) is 0 Å².